The zero-order chi connectivity index (χ0) is 22.1. The number of rotatable bonds is 5. The average molecular weight is 440 g/mol. The van der Waals surface area contributed by atoms with Gasteiger partial charge in [-0.15, -0.1) is 0 Å². The number of hydrogen-bond donors (Lipinski definition) is 0. The van der Waals surface area contributed by atoms with E-state index in [1.807, 2.05) is 0 Å². The molecule has 7 nitrogen and oxygen atoms in total. The molecule has 0 saturated carbocycles. The van der Waals surface area contributed by atoms with Gasteiger partial charge in [0, 0.05) is 17.6 Å². The smallest absolute Gasteiger partial charge is 0.391 e. The topological polar surface area (TPSA) is 74.3 Å². The molecule has 0 N–H and O–H groups in total. The molecule has 0 saturated heterocycles. The third-order valence-corrected chi connectivity index (χ3v) is 4.63. The summed E-state index contributed by atoms with van der Waals surface area (Å²) >= 11 is 6.24. The molecule has 0 atom stereocenters. The Labute approximate surface area is 174 Å². The summed E-state index contributed by atoms with van der Waals surface area (Å²) in [5.74, 6) is 0. The zero-order valence-corrected chi connectivity index (χ0v) is 17.0. The minimum atomic E-state index is -4.46. The number of nitrogens with zero attached hydrogens (tertiary/aromatic N) is 5. The fourth-order valence-corrected chi connectivity index (χ4v) is 2.98. The van der Waals surface area contributed by atoms with Gasteiger partial charge in [-0.3, -0.25) is 0 Å². The van der Waals surface area contributed by atoms with Gasteiger partial charge in [-0.1, -0.05) is 28.9 Å². The Morgan fingerprint density at radius 1 is 1.23 bits per heavy atom. The van der Waals surface area contributed by atoms with Gasteiger partial charge in [-0.05, 0) is 59.7 Å². The molecular weight excluding hydrogens is 423 g/mol. The van der Waals surface area contributed by atoms with Gasteiger partial charge in [0.1, 0.15) is 6.61 Å². The first-order valence-electron chi connectivity index (χ1n) is 8.70. The van der Waals surface area contributed by atoms with Crippen LogP contribution in [0.4, 0.5) is 13.2 Å². The summed E-state index contributed by atoms with van der Waals surface area (Å²) in [6, 6.07) is 8.52. The Hall–Kier alpha value is -3.14. The van der Waals surface area contributed by atoms with Gasteiger partial charge in [0.05, 0.1) is 17.0 Å². The summed E-state index contributed by atoms with van der Waals surface area (Å²) in [4.78, 5) is 17.5. The maximum absolute atomic E-state index is 13.0. The molecule has 0 fully saturated rings. The molecule has 2 aromatic carbocycles. The van der Waals surface area contributed by atoms with E-state index in [0.29, 0.717) is 21.8 Å². The molecule has 0 amide bonds. The van der Waals surface area contributed by atoms with E-state index in [0.717, 1.165) is 21.5 Å². The summed E-state index contributed by atoms with van der Waals surface area (Å²) < 4.78 is 41.3. The number of benzene rings is 2. The summed E-state index contributed by atoms with van der Waals surface area (Å²) in [5.41, 5.74) is 0.549. The van der Waals surface area contributed by atoms with Crippen molar-refractivity contribution in [3.8, 4) is 5.69 Å². The SMILES string of the molecule is CC(=NOCc1c(Cl)cccc1-n1nnn(C)c1=O)c1cc(C)cc(C(F)(F)F)c1. The number of alkyl halides is 3. The Bertz CT molecular complexity index is 1170. The van der Waals surface area contributed by atoms with E-state index in [4.69, 9.17) is 16.4 Å². The number of oxime groups is 1. The highest BCUT2D eigenvalue weighted by atomic mass is 35.5. The molecule has 0 bridgehead atoms. The molecule has 1 aromatic heterocycles. The van der Waals surface area contributed by atoms with E-state index in [9.17, 15) is 18.0 Å². The fraction of sp³-hybridized carbons (Fsp3) is 0.263. The first-order valence-corrected chi connectivity index (χ1v) is 9.08. The average Bonchev–Trinajstić information content (AvgIpc) is 3.00. The lowest BCUT2D eigenvalue weighted by molar-refractivity contribution is -0.137. The molecule has 0 unspecified atom stereocenters. The summed E-state index contributed by atoms with van der Waals surface area (Å²) in [6.07, 6.45) is -4.46. The third-order valence-electron chi connectivity index (χ3n) is 4.28. The third kappa shape index (κ3) is 4.54. The normalized spacial score (nSPS) is 12.3. The van der Waals surface area contributed by atoms with Crippen molar-refractivity contribution >= 4 is 17.3 Å². The number of hydrogen-bond acceptors (Lipinski definition) is 5. The number of halogens is 4. The van der Waals surface area contributed by atoms with E-state index in [2.05, 4.69) is 15.6 Å². The molecule has 0 aliphatic heterocycles. The van der Waals surface area contributed by atoms with Crippen molar-refractivity contribution in [2.45, 2.75) is 26.6 Å². The predicted octanol–water partition coefficient (Wildman–Crippen LogP) is 3.89. The summed E-state index contributed by atoms with van der Waals surface area (Å²) in [5, 5.41) is 11.7. The minimum Gasteiger partial charge on any atom is -0.391 e. The molecule has 0 radical (unpaired) electrons. The van der Waals surface area contributed by atoms with Crippen LogP contribution in [0.5, 0.6) is 0 Å². The lowest BCUT2D eigenvalue weighted by Gasteiger charge is -2.11. The van der Waals surface area contributed by atoms with Crippen LogP contribution in [0.15, 0.2) is 46.3 Å². The lowest BCUT2D eigenvalue weighted by atomic mass is 10.0. The fourth-order valence-electron chi connectivity index (χ4n) is 2.76. The molecule has 1 heterocycles. The van der Waals surface area contributed by atoms with Crippen LogP contribution < -0.4 is 5.69 Å². The minimum absolute atomic E-state index is 0.132. The first-order chi connectivity index (χ1) is 14.1. The van der Waals surface area contributed by atoms with Gasteiger partial charge < -0.3 is 4.84 Å². The second-order valence-electron chi connectivity index (χ2n) is 6.57. The quantitative estimate of drug-likeness (QED) is 0.446. The Morgan fingerprint density at radius 2 is 1.97 bits per heavy atom. The highest BCUT2D eigenvalue weighted by Gasteiger charge is 2.31. The van der Waals surface area contributed by atoms with E-state index in [-0.39, 0.29) is 17.9 Å². The number of tetrazole rings is 1. The van der Waals surface area contributed by atoms with E-state index >= 15 is 0 Å². The summed E-state index contributed by atoms with van der Waals surface area (Å²) in [6.45, 7) is 2.98. The van der Waals surface area contributed by atoms with Crippen molar-refractivity contribution in [1.82, 2.24) is 19.8 Å². The second-order valence-corrected chi connectivity index (χ2v) is 6.98. The van der Waals surface area contributed by atoms with Crippen LogP contribution in [0.25, 0.3) is 5.69 Å². The van der Waals surface area contributed by atoms with Crippen molar-refractivity contribution in [2.24, 2.45) is 12.2 Å². The number of aryl methyl sites for hydroxylation is 2. The lowest BCUT2D eigenvalue weighted by Crippen LogP contribution is -2.23. The van der Waals surface area contributed by atoms with Crippen LogP contribution in [0, 0.1) is 6.92 Å². The van der Waals surface area contributed by atoms with Crippen molar-refractivity contribution in [2.75, 3.05) is 0 Å². The van der Waals surface area contributed by atoms with Crippen molar-refractivity contribution in [3.63, 3.8) is 0 Å². The Balaban J connectivity index is 1.87. The first kappa shape index (κ1) is 21.6. The van der Waals surface area contributed by atoms with Crippen LogP contribution in [0.1, 0.15) is 29.2 Å². The highest BCUT2D eigenvalue weighted by molar-refractivity contribution is 6.31. The van der Waals surface area contributed by atoms with Crippen molar-refractivity contribution in [3.05, 3.63) is 74.2 Å². The molecular formula is C19H17ClF3N5O2. The van der Waals surface area contributed by atoms with Crippen LogP contribution in [0.2, 0.25) is 5.02 Å². The van der Waals surface area contributed by atoms with Gasteiger partial charge in [0.2, 0.25) is 0 Å². The van der Waals surface area contributed by atoms with Crippen LogP contribution >= 0.6 is 11.6 Å². The van der Waals surface area contributed by atoms with Gasteiger partial charge in [0.15, 0.2) is 0 Å². The second kappa shape index (κ2) is 8.31. The molecule has 3 aromatic rings. The number of aromatic nitrogens is 4. The zero-order valence-electron chi connectivity index (χ0n) is 16.2. The molecule has 0 aliphatic rings. The van der Waals surface area contributed by atoms with E-state index in [1.165, 1.54) is 14.0 Å². The molecule has 11 heteroatoms. The van der Waals surface area contributed by atoms with Crippen LogP contribution in [0.3, 0.4) is 0 Å². The highest BCUT2D eigenvalue weighted by Crippen LogP contribution is 2.31. The predicted molar refractivity (Wildman–Crippen MR) is 105 cm³/mol. The van der Waals surface area contributed by atoms with E-state index < -0.39 is 17.4 Å². The Morgan fingerprint density at radius 3 is 2.60 bits per heavy atom. The maximum Gasteiger partial charge on any atom is 0.416 e. The van der Waals surface area contributed by atoms with Crippen molar-refractivity contribution in [1.29, 1.82) is 0 Å². The van der Waals surface area contributed by atoms with Crippen LogP contribution in [-0.4, -0.2) is 25.5 Å². The maximum atomic E-state index is 13.0. The van der Waals surface area contributed by atoms with Gasteiger partial charge in [0.25, 0.3) is 0 Å². The molecule has 3 rings (SSSR count). The van der Waals surface area contributed by atoms with Gasteiger partial charge in [-0.2, -0.15) is 22.5 Å². The van der Waals surface area contributed by atoms with Crippen molar-refractivity contribution < 1.29 is 18.0 Å². The monoisotopic (exact) mass is 439 g/mol. The van der Waals surface area contributed by atoms with Gasteiger partial charge >= 0.3 is 11.9 Å². The van der Waals surface area contributed by atoms with Gasteiger partial charge in [-0.25, -0.2) is 4.79 Å². The van der Waals surface area contributed by atoms with Crippen LogP contribution in [-0.2, 0) is 24.7 Å². The molecule has 0 spiro atoms. The Kier molecular flexibility index (Phi) is 5.97. The summed E-state index contributed by atoms with van der Waals surface area (Å²) in [7, 11) is 1.46. The van der Waals surface area contributed by atoms with E-state index in [1.54, 1.807) is 31.2 Å². The molecule has 158 valence electrons. The molecule has 0 aliphatic carbocycles. The molecule has 30 heavy (non-hydrogen) atoms. The largest absolute Gasteiger partial charge is 0.416 e. The standard InChI is InChI=1S/C19H17ClF3N5O2/c1-11-7-13(9-14(8-11)19(21,22)23)12(2)24-30-10-15-16(20)5-4-6-17(15)28-18(29)27(3)25-26-28/h4-9H,10H2,1-3H3.